The number of rotatable bonds is 10. The molecule has 1 rings (SSSR count). The van der Waals surface area contributed by atoms with E-state index in [1.807, 2.05) is 0 Å². The largest absolute Gasteiger partial charge is 0.497 e. The molecule has 0 saturated carbocycles. The predicted molar refractivity (Wildman–Crippen MR) is 82.5 cm³/mol. The van der Waals surface area contributed by atoms with Crippen LogP contribution in [-0.2, 0) is 10.4 Å². The van der Waals surface area contributed by atoms with Gasteiger partial charge in [-0.3, -0.25) is 0 Å². The number of carbonyl (C=O) groups is 1. The van der Waals surface area contributed by atoms with Crippen LogP contribution < -0.4 is 4.74 Å². The van der Waals surface area contributed by atoms with Gasteiger partial charge in [0.15, 0.2) is 5.60 Å². The normalized spacial score (nSPS) is 13.7. The second kappa shape index (κ2) is 8.67. The molecule has 0 saturated heterocycles. The first-order chi connectivity index (χ1) is 10.0. The molecule has 0 aliphatic carbocycles. The fraction of sp³-hybridized carbons (Fsp3) is 0.588. The van der Waals surface area contributed by atoms with Crippen molar-refractivity contribution < 1.29 is 19.7 Å². The highest BCUT2D eigenvalue weighted by Gasteiger charge is 2.37. The number of methoxy groups -OCH3 is 1. The number of ether oxygens (including phenoxy) is 1. The average Bonchev–Trinajstić information content (AvgIpc) is 2.50. The van der Waals surface area contributed by atoms with Crippen molar-refractivity contribution in [3.63, 3.8) is 0 Å². The van der Waals surface area contributed by atoms with Crippen LogP contribution in [0.25, 0.3) is 0 Å². The van der Waals surface area contributed by atoms with E-state index in [1.54, 1.807) is 31.4 Å². The van der Waals surface area contributed by atoms with Crippen molar-refractivity contribution in [1.29, 1.82) is 0 Å². The van der Waals surface area contributed by atoms with Gasteiger partial charge in [-0.2, -0.15) is 0 Å². The maximum atomic E-state index is 11.5. The van der Waals surface area contributed by atoms with E-state index >= 15 is 0 Å². The molecule has 1 atom stereocenters. The number of benzene rings is 1. The first kappa shape index (κ1) is 17.5. The van der Waals surface area contributed by atoms with Crippen molar-refractivity contribution >= 4 is 5.97 Å². The summed E-state index contributed by atoms with van der Waals surface area (Å²) in [5.74, 6) is -0.549. The highest BCUT2D eigenvalue weighted by Crippen LogP contribution is 2.29. The summed E-state index contributed by atoms with van der Waals surface area (Å²) in [5.41, 5.74) is -1.40. The number of aliphatic carboxylic acids is 1. The number of unbranched alkanes of at least 4 members (excludes halogenated alkanes) is 5. The zero-order chi connectivity index (χ0) is 15.7. The lowest BCUT2D eigenvalue weighted by Gasteiger charge is -2.24. The minimum Gasteiger partial charge on any atom is -0.497 e. The van der Waals surface area contributed by atoms with Gasteiger partial charge >= 0.3 is 5.97 Å². The lowest BCUT2D eigenvalue weighted by atomic mass is 9.88. The Labute approximate surface area is 126 Å². The van der Waals surface area contributed by atoms with Crippen LogP contribution in [-0.4, -0.2) is 23.3 Å². The minimum absolute atomic E-state index is 0.237. The van der Waals surface area contributed by atoms with Gasteiger partial charge in [0.2, 0.25) is 0 Å². The van der Waals surface area contributed by atoms with Gasteiger partial charge in [-0.1, -0.05) is 51.2 Å². The first-order valence-corrected chi connectivity index (χ1v) is 7.65. The summed E-state index contributed by atoms with van der Waals surface area (Å²) in [6.07, 6.45) is 6.55. The minimum atomic E-state index is -1.81. The van der Waals surface area contributed by atoms with Gasteiger partial charge < -0.3 is 14.9 Å². The number of aliphatic hydroxyl groups is 1. The van der Waals surface area contributed by atoms with Crippen molar-refractivity contribution in [3.8, 4) is 5.75 Å². The molecule has 0 amide bonds. The molecule has 21 heavy (non-hydrogen) atoms. The summed E-state index contributed by atoms with van der Waals surface area (Å²) in [7, 11) is 1.55. The van der Waals surface area contributed by atoms with Crippen LogP contribution >= 0.6 is 0 Å². The van der Waals surface area contributed by atoms with Crippen molar-refractivity contribution in [1.82, 2.24) is 0 Å². The van der Waals surface area contributed by atoms with Crippen LogP contribution in [0.4, 0.5) is 0 Å². The molecule has 0 aliphatic heterocycles. The lowest BCUT2D eigenvalue weighted by Crippen LogP contribution is -2.35. The fourth-order valence-corrected chi connectivity index (χ4v) is 2.40. The summed E-state index contributed by atoms with van der Waals surface area (Å²) in [4.78, 5) is 11.5. The molecule has 2 N–H and O–H groups in total. The number of hydrogen-bond donors (Lipinski definition) is 2. The van der Waals surface area contributed by atoms with Gasteiger partial charge in [-0.25, -0.2) is 4.79 Å². The Morgan fingerprint density at radius 1 is 1.10 bits per heavy atom. The van der Waals surface area contributed by atoms with Crippen LogP contribution in [0, 0.1) is 0 Å². The smallest absolute Gasteiger partial charge is 0.340 e. The molecule has 0 bridgehead atoms. The van der Waals surface area contributed by atoms with E-state index in [1.165, 1.54) is 19.3 Å². The summed E-state index contributed by atoms with van der Waals surface area (Å²) in [6.45, 7) is 2.16. The van der Waals surface area contributed by atoms with Crippen molar-refractivity contribution in [2.45, 2.75) is 57.5 Å². The summed E-state index contributed by atoms with van der Waals surface area (Å²) < 4.78 is 5.05. The third-order valence-corrected chi connectivity index (χ3v) is 3.81. The molecule has 118 valence electrons. The van der Waals surface area contributed by atoms with Crippen LogP contribution in [0.2, 0.25) is 0 Å². The third kappa shape index (κ3) is 5.05. The SMILES string of the molecule is CCCCCCCCC(O)(C(=O)O)c1ccc(OC)cc1. The molecule has 1 unspecified atom stereocenters. The predicted octanol–water partition coefficient (Wildman–Crippen LogP) is 3.72. The molecule has 0 heterocycles. The summed E-state index contributed by atoms with van der Waals surface area (Å²) >= 11 is 0. The Morgan fingerprint density at radius 2 is 1.67 bits per heavy atom. The molecule has 1 aromatic carbocycles. The number of carboxylic acids is 1. The quantitative estimate of drug-likeness (QED) is 0.645. The zero-order valence-electron chi connectivity index (χ0n) is 13.0. The molecule has 4 nitrogen and oxygen atoms in total. The molecule has 0 aliphatic rings. The van der Waals surface area contributed by atoms with E-state index < -0.39 is 11.6 Å². The molecular weight excluding hydrogens is 268 g/mol. The van der Waals surface area contributed by atoms with E-state index in [4.69, 9.17) is 4.74 Å². The molecule has 0 spiro atoms. The Bertz CT molecular complexity index is 427. The van der Waals surface area contributed by atoms with Gasteiger partial charge in [-0.15, -0.1) is 0 Å². The topological polar surface area (TPSA) is 66.8 Å². The van der Waals surface area contributed by atoms with Crippen LogP contribution in [0.5, 0.6) is 5.75 Å². The van der Waals surface area contributed by atoms with Gasteiger partial charge in [0, 0.05) is 0 Å². The molecule has 4 heteroatoms. The molecule has 0 fully saturated rings. The monoisotopic (exact) mass is 294 g/mol. The second-order valence-electron chi connectivity index (χ2n) is 5.41. The van der Waals surface area contributed by atoms with Crippen molar-refractivity contribution in [2.75, 3.05) is 7.11 Å². The van der Waals surface area contributed by atoms with E-state index in [0.29, 0.717) is 17.7 Å². The van der Waals surface area contributed by atoms with Crippen molar-refractivity contribution in [3.05, 3.63) is 29.8 Å². The van der Waals surface area contributed by atoms with Crippen LogP contribution in [0.15, 0.2) is 24.3 Å². The molecule has 0 radical (unpaired) electrons. The van der Waals surface area contributed by atoms with E-state index in [2.05, 4.69) is 6.92 Å². The first-order valence-electron chi connectivity index (χ1n) is 7.65. The summed E-state index contributed by atoms with van der Waals surface area (Å²) in [6, 6.07) is 6.57. The highest BCUT2D eigenvalue weighted by atomic mass is 16.5. The fourth-order valence-electron chi connectivity index (χ4n) is 2.40. The Morgan fingerprint density at radius 3 is 2.19 bits per heavy atom. The molecular formula is C17H26O4. The van der Waals surface area contributed by atoms with Gasteiger partial charge in [0.05, 0.1) is 7.11 Å². The average molecular weight is 294 g/mol. The van der Waals surface area contributed by atoms with Crippen LogP contribution in [0.1, 0.15) is 57.4 Å². The van der Waals surface area contributed by atoms with Gasteiger partial charge in [-0.05, 0) is 30.5 Å². The summed E-state index contributed by atoms with van der Waals surface area (Å²) in [5, 5.41) is 19.9. The number of carboxylic acid groups (broad SMARTS) is 1. The van der Waals surface area contributed by atoms with E-state index in [9.17, 15) is 15.0 Å². The maximum absolute atomic E-state index is 11.5. The van der Waals surface area contributed by atoms with Gasteiger partial charge in [0.1, 0.15) is 5.75 Å². The highest BCUT2D eigenvalue weighted by molar-refractivity contribution is 5.79. The molecule has 1 aromatic rings. The van der Waals surface area contributed by atoms with Crippen LogP contribution in [0.3, 0.4) is 0 Å². The Balaban J connectivity index is 2.62. The van der Waals surface area contributed by atoms with Gasteiger partial charge in [0.25, 0.3) is 0 Å². The second-order valence-corrected chi connectivity index (χ2v) is 5.41. The van der Waals surface area contributed by atoms with Crippen molar-refractivity contribution in [2.24, 2.45) is 0 Å². The van der Waals surface area contributed by atoms with E-state index in [-0.39, 0.29) is 6.42 Å². The lowest BCUT2D eigenvalue weighted by molar-refractivity contribution is -0.160. The number of hydrogen-bond acceptors (Lipinski definition) is 3. The standard InChI is InChI=1S/C17H26O4/c1-3-4-5-6-7-8-13-17(20,16(18)19)14-9-11-15(21-2)12-10-14/h9-12,20H,3-8,13H2,1-2H3,(H,18,19). The Kier molecular flexibility index (Phi) is 7.23. The Hall–Kier alpha value is -1.55. The van der Waals surface area contributed by atoms with E-state index in [0.717, 1.165) is 12.8 Å². The zero-order valence-corrected chi connectivity index (χ0v) is 13.0. The molecule has 0 aromatic heterocycles. The maximum Gasteiger partial charge on any atom is 0.340 e. The third-order valence-electron chi connectivity index (χ3n) is 3.81.